The summed E-state index contributed by atoms with van der Waals surface area (Å²) in [7, 11) is 4.11. The smallest absolute Gasteiger partial charge is 0.229 e. The van der Waals surface area contributed by atoms with Gasteiger partial charge in [-0.2, -0.15) is 0 Å². The largest absolute Gasteiger partial charge is 0.345 e. The highest BCUT2D eigenvalue weighted by Crippen LogP contribution is 2.31. The third-order valence-electron chi connectivity index (χ3n) is 4.67. The van der Waals surface area contributed by atoms with Gasteiger partial charge in [-0.1, -0.05) is 26.7 Å². The minimum Gasteiger partial charge on any atom is -0.345 e. The summed E-state index contributed by atoms with van der Waals surface area (Å²) in [6.07, 6.45) is 5.05. The van der Waals surface area contributed by atoms with Crippen molar-refractivity contribution < 1.29 is 4.79 Å². The molecular formula is C16H33N3O. The summed E-state index contributed by atoms with van der Waals surface area (Å²) in [4.78, 5) is 17.2. The van der Waals surface area contributed by atoms with Crippen LogP contribution in [0.5, 0.6) is 0 Å². The Morgan fingerprint density at radius 1 is 1.35 bits per heavy atom. The van der Waals surface area contributed by atoms with Crippen molar-refractivity contribution in [1.29, 1.82) is 0 Å². The Labute approximate surface area is 124 Å². The molecule has 4 heteroatoms. The van der Waals surface area contributed by atoms with E-state index in [1.165, 1.54) is 6.42 Å². The zero-order valence-electron chi connectivity index (χ0n) is 13.8. The number of likely N-dealkylation sites (tertiary alicyclic amines) is 1. The maximum absolute atomic E-state index is 12.9. The number of nitrogens with zero attached hydrogens (tertiary/aromatic N) is 2. The van der Waals surface area contributed by atoms with E-state index in [4.69, 9.17) is 5.73 Å². The maximum atomic E-state index is 12.9. The minimum absolute atomic E-state index is 0.262. The topological polar surface area (TPSA) is 49.6 Å². The van der Waals surface area contributed by atoms with Gasteiger partial charge in [-0.25, -0.2) is 0 Å². The molecular weight excluding hydrogens is 250 g/mol. The predicted molar refractivity (Wildman–Crippen MR) is 84.5 cm³/mol. The third kappa shape index (κ3) is 4.19. The summed E-state index contributed by atoms with van der Waals surface area (Å²) in [5.74, 6) is 0.880. The van der Waals surface area contributed by atoms with Crippen molar-refractivity contribution >= 4 is 5.91 Å². The van der Waals surface area contributed by atoms with Crippen LogP contribution < -0.4 is 5.73 Å². The quantitative estimate of drug-likeness (QED) is 0.740. The first-order chi connectivity index (χ1) is 9.49. The molecule has 1 heterocycles. The Morgan fingerprint density at radius 3 is 2.35 bits per heavy atom. The average Bonchev–Trinajstić information content (AvgIpc) is 2.82. The van der Waals surface area contributed by atoms with Crippen LogP contribution in [0, 0.1) is 11.3 Å². The van der Waals surface area contributed by atoms with Gasteiger partial charge in [0.2, 0.25) is 5.91 Å². The van der Waals surface area contributed by atoms with Gasteiger partial charge >= 0.3 is 0 Å². The molecule has 118 valence electrons. The van der Waals surface area contributed by atoms with Crippen LogP contribution in [0.3, 0.4) is 0 Å². The molecule has 0 spiro atoms. The molecule has 0 aromatic carbocycles. The highest BCUT2D eigenvalue weighted by Gasteiger charge is 2.38. The molecule has 1 unspecified atom stereocenters. The van der Waals surface area contributed by atoms with Crippen molar-refractivity contribution in [3.05, 3.63) is 0 Å². The zero-order valence-corrected chi connectivity index (χ0v) is 13.8. The van der Waals surface area contributed by atoms with Gasteiger partial charge < -0.3 is 15.5 Å². The molecule has 1 rings (SSSR count). The molecule has 0 aliphatic carbocycles. The fourth-order valence-electron chi connectivity index (χ4n) is 3.64. The lowest BCUT2D eigenvalue weighted by Crippen LogP contribution is -2.48. The Bertz CT molecular complexity index is 300. The monoisotopic (exact) mass is 283 g/mol. The minimum atomic E-state index is -0.331. The van der Waals surface area contributed by atoms with Gasteiger partial charge in [0.15, 0.2) is 0 Å². The first-order valence-electron chi connectivity index (χ1n) is 8.13. The first kappa shape index (κ1) is 17.4. The molecule has 0 saturated carbocycles. The van der Waals surface area contributed by atoms with Gasteiger partial charge in [0, 0.05) is 26.7 Å². The van der Waals surface area contributed by atoms with Crippen LogP contribution in [0.15, 0.2) is 0 Å². The number of rotatable bonds is 8. The van der Waals surface area contributed by atoms with E-state index in [1.54, 1.807) is 0 Å². The van der Waals surface area contributed by atoms with E-state index in [2.05, 4.69) is 25.8 Å². The van der Waals surface area contributed by atoms with Gasteiger partial charge in [0.05, 0.1) is 5.41 Å². The molecule has 4 nitrogen and oxygen atoms in total. The maximum Gasteiger partial charge on any atom is 0.229 e. The van der Waals surface area contributed by atoms with Gasteiger partial charge in [0.25, 0.3) is 0 Å². The Kier molecular flexibility index (Phi) is 6.96. The molecule has 0 aromatic rings. The van der Waals surface area contributed by atoms with Crippen LogP contribution in [0.4, 0.5) is 0 Å². The SMILES string of the molecule is CCCC(CN)(CCC)C(=O)N(C)CC1CCN(C)C1. The number of carbonyl (C=O) groups excluding carboxylic acids is 1. The van der Waals surface area contributed by atoms with Crippen molar-refractivity contribution in [3.63, 3.8) is 0 Å². The number of nitrogens with two attached hydrogens (primary N) is 1. The van der Waals surface area contributed by atoms with E-state index >= 15 is 0 Å². The molecule has 1 aliphatic rings. The third-order valence-corrected chi connectivity index (χ3v) is 4.67. The first-order valence-corrected chi connectivity index (χ1v) is 8.13. The van der Waals surface area contributed by atoms with Crippen molar-refractivity contribution in [2.75, 3.05) is 40.3 Å². The molecule has 1 aliphatic heterocycles. The van der Waals surface area contributed by atoms with Gasteiger partial charge in [0.1, 0.15) is 0 Å². The molecule has 1 saturated heterocycles. The summed E-state index contributed by atoms with van der Waals surface area (Å²) in [6, 6.07) is 0. The lowest BCUT2D eigenvalue weighted by atomic mass is 9.78. The molecule has 1 fully saturated rings. The van der Waals surface area contributed by atoms with Crippen LogP contribution >= 0.6 is 0 Å². The number of carbonyl (C=O) groups is 1. The summed E-state index contributed by atoms with van der Waals surface area (Å²) in [5.41, 5.74) is 5.66. The summed E-state index contributed by atoms with van der Waals surface area (Å²) >= 11 is 0. The van der Waals surface area contributed by atoms with E-state index in [0.717, 1.165) is 45.3 Å². The van der Waals surface area contributed by atoms with Crippen LogP contribution in [-0.2, 0) is 4.79 Å². The number of hydrogen-bond acceptors (Lipinski definition) is 3. The molecule has 2 N–H and O–H groups in total. The summed E-state index contributed by atoms with van der Waals surface area (Å²) in [6.45, 7) is 7.88. The van der Waals surface area contributed by atoms with Crippen LogP contribution in [0.2, 0.25) is 0 Å². The van der Waals surface area contributed by atoms with E-state index in [1.807, 2.05) is 11.9 Å². The average molecular weight is 283 g/mol. The lowest BCUT2D eigenvalue weighted by molar-refractivity contribution is -0.141. The van der Waals surface area contributed by atoms with Crippen LogP contribution in [-0.4, -0.2) is 56.0 Å². The molecule has 20 heavy (non-hydrogen) atoms. The van der Waals surface area contributed by atoms with Crippen molar-refractivity contribution in [3.8, 4) is 0 Å². The summed E-state index contributed by atoms with van der Waals surface area (Å²) in [5, 5.41) is 0. The van der Waals surface area contributed by atoms with E-state index in [0.29, 0.717) is 12.5 Å². The Hall–Kier alpha value is -0.610. The van der Waals surface area contributed by atoms with Gasteiger partial charge in [-0.05, 0) is 38.8 Å². The van der Waals surface area contributed by atoms with E-state index in [9.17, 15) is 4.79 Å². The predicted octanol–water partition coefficient (Wildman–Crippen LogP) is 1.94. The Morgan fingerprint density at radius 2 is 1.95 bits per heavy atom. The molecule has 1 atom stereocenters. The fourth-order valence-corrected chi connectivity index (χ4v) is 3.64. The highest BCUT2D eigenvalue weighted by atomic mass is 16.2. The molecule has 0 aromatic heterocycles. The van der Waals surface area contributed by atoms with Crippen molar-refractivity contribution in [2.24, 2.45) is 17.1 Å². The molecule has 1 amide bonds. The fraction of sp³-hybridized carbons (Fsp3) is 0.938. The number of hydrogen-bond donors (Lipinski definition) is 1. The second-order valence-electron chi connectivity index (χ2n) is 6.59. The van der Waals surface area contributed by atoms with Crippen LogP contribution in [0.25, 0.3) is 0 Å². The lowest BCUT2D eigenvalue weighted by Gasteiger charge is -2.35. The van der Waals surface area contributed by atoms with E-state index < -0.39 is 0 Å². The zero-order chi connectivity index (χ0) is 15.2. The Balaban J connectivity index is 2.67. The van der Waals surface area contributed by atoms with Crippen LogP contribution in [0.1, 0.15) is 46.0 Å². The summed E-state index contributed by atoms with van der Waals surface area (Å²) < 4.78 is 0. The van der Waals surface area contributed by atoms with Gasteiger partial charge in [-0.3, -0.25) is 4.79 Å². The standard InChI is InChI=1S/C16H33N3O/c1-5-8-16(13-17,9-6-2)15(20)19(4)12-14-7-10-18(3)11-14/h14H,5-13,17H2,1-4H3. The van der Waals surface area contributed by atoms with E-state index in [-0.39, 0.29) is 11.3 Å². The van der Waals surface area contributed by atoms with Crippen molar-refractivity contribution in [2.45, 2.75) is 46.0 Å². The molecule has 0 bridgehead atoms. The number of amides is 1. The second-order valence-corrected chi connectivity index (χ2v) is 6.59. The normalized spacial score (nSPS) is 20.4. The highest BCUT2D eigenvalue weighted by molar-refractivity contribution is 5.82. The molecule has 0 radical (unpaired) electrons. The second kappa shape index (κ2) is 7.99. The van der Waals surface area contributed by atoms with Gasteiger partial charge in [-0.15, -0.1) is 0 Å². The van der Waals surface area contributed by atoms with Crippen molar-refractivity contribution in [1.82, 2.24) is 9.80 Å².